The molecule has 0 amide bonds. The highest BCUT2D eigenvalue weighted by Gasteiger charge is 2.38. The Morgan fingerprint density at radius 1 is 0.578 bits per heavy atom. The Hall–Kier alpha value is -7.71. The molecule has 0 radical (unpaired) electrons. The molecule has 0 bridgehead atoms. The fraction of sp³-hybridized carbons (Fsp3) is 0.525. The maximum absolute atomic E-state index is 13.3. The average molecular weight is 1280 g/mol. The Labute approximate surface area is 516 Å². The van der Waals surface area contributed by atoms with Gasteiger partial charge >= 0.3 is 18.5 Å². The van der Waals surface area contributed by atoms with Gasteiger partial charge in [-0.3, -0.25) is 30.8 Å². The monoisotopic (exact) mass is 1280 g/mol. The zero-order valence-electron chi connectivity index (χ0n) is 50.4. The zero-order chi connectivity index (χ0) is 65.4. The second-order valence-electron chi connectivity index (χ2n) is 22.3. The molecule has 0 atom stereocenters. The lowest BCUT2D eigenvalue weighted by atomic mass is 9.96. The number of nitrogens with zero attached hydrogens (tertiary/aromatic N) is 8. The number of aromatic nitrogens is 8. The molecular weight excluding hydrogens is 1200 g/mol. The molecule has 10 rings (SSSR count). The van der Waals surface area contributed by atoms with Crippen molar-refractivity contribution < 1.29 is 75.7 Å². The lowest BCUT2D eigenvalue weighted by Crippen LogP contribution is -2.36. The van der Waals surface area contributed by atoms with E-state index in [1.165, 1.54) is 60.3 Å². The van der Waals surface area contributed by atoms with Gasteiger partial charge in [0.1, 0.15) is 40.1 Å². The predicted octanol–water partition coefficient (Wildman–Crippen LogP) is 13.4. The van der Waals surface area contributed by atoms with Crippen LogP contribution in [0.3, 0.4) is 0 Å². The number of nitrogens with one attached hydrogen (secondary N) is 6. The minimum atomic E-state index is -4.64. The van der Waals surface area contributed by atoms with Crippen LogP contribution in [0, 0.1) is 11.1 Å². The molecule has 4 fully saturated rings. The van der Waals surface area contributed by atoms with Crippen LogP contribution < -0.4 is 36.7 Å². The predicted molar refractivity (Wildman–Crippen MR) is 317 cm³/mol. The number of anilines is 4. The van der Waals surface area contributed by atoms with Gasteiger partial charge in [0.2, 0.25) is 18.0 Å². The van der Waals surface area contributed by atoms with Gasteiger partial charge in [-0.2, -0.15) is 49.7 Å². The number of hydrogen-bond donors (Lipinski definition) is 9. The molecule has 3 saturated carbocycles. The minimum Gasteiger partial charge on any atom is -0.439 e. The number of ketones is 1. The normalized spacial score (nSPS) is 16.0. The van der Waals surface area contributed by atoms with Crippen LogP contribution in [0.1, 0.15) is 173 Å². The number of Topliss-reactive ketones (excluding diaryl/α,β-unsaturated/α-hetero) is 1. The molecule has 1 aliphatic heterocycles. The second-order valence-corrected chi connectivity index (χ2v) is 22.3. The molecule has 0 spiro atoms. The van der Waals surface area contributed by atoms with Crippen molar-refractivity contribution in [3.05, 3.63) is 108 Å². The van der Waals surface area contributed by atoms with Crippen molar-refractivity contribution in [3.8, 4) is 23.3 Å². The van der Waals surface area contributed by atoms with Crippen molar-refractivity contribution >= 4 is 35.1 Å². The summed E-state index contributed by atoms with van der Waals surface area (Å²) in [6, 6.07) is 15.3. The Balaban J connectivity index is 0.000000347. The second kappa shape index (κ2) is 35.0. The molecule has 7 heterocycles. The maximum Gasteiger partial charge on any atom is 0.446 e. The fourth-order valence-electron chi connectivity index (χ4n) is 9.61. The number of alkyl halides is 9. The van der Waals surface area contributed by atoms with E-state index in [-0.39, 0.29) is 30.7 Å². The molecule has 6 aromatic rings. The molecule has 3 aliphatic carbocycles. The minimum absolute atomic E-state index is 0. The summed E-state index contributed by atoms with van der Waals surface area (Å²) in [5.41, 5.74) is 10.9. The quantitative estimate of drug-likeness (QED) is 0.0171. The third kappa shape index (κ3) is 25.3. The van der Waals surface area contributed by atoms with Crippen LogP contribution in [0.4, 0.5) is 62.5 Å². The number of rotatable bonds is 13. The van der Waals surface area contributed by atoms with E-state index in [2.05, 4.69) is 51.5 Å². The van der Waals surface area contributed by atoms with E-state index in [1.54, 1.807) is 88.6 Å². The number of hydrogen-bond acceptors (Lipinski definition) is 19. The summed E-state index contributed by atoms with van der Waals surface area (Å²) in [7, 11) is 0. The molecule has 0 unspecified atom stereocenters. The van der Waals surface area contributed by atoms with Crippen LogP contribution >= 0.6 is 0 Å². The van der Waals surface area contributed by atoms with Crippen LogP contribution in [0.15, 0.2) is 85.5 Å². The van der Waals surface area contributed by atoms with E-state index >= 15 is 0 Å². The number of aldehydes is 1. The first kappa shape index (κ1) is 74.8. The SMILES string of the molecule is CC(C)(O)c1cc(Nc2cc(Oc3cc(C(F)(F)F)nn3C3CCCCC3)ccn2)ccn1.CC(C)(O)c1cc(Nc2cc(Oc3cc(C(F)(F)F)nn3C3CCNCC3)ccn2)ccn1.N=N.NNC1CCCCC1.O.O=C1CCCCC1.O=CC(F)(F)F.[HH]. The highest BCUT2D eigenvalue weighted by Crippen LogP contribution is 2.39. The van der Waals surface area contributed by atoms with Gasteiger partial charge in [0.05, 0.1) is 23.5 Å². The topological polar surface area (TPSA) is 334 Å². The Morgan fingerprint density at radius 2 is 0.956 bits per heavy atom. The lowest BCUT2D eigenvalue weighted by molar-refractivity contribution is -0.156. The van der Waals surface area contributed by atoms with Gasteiger partial charge in [-0.15, -0.1) is 0 Å². The molecule has 12 N–H and O–H groups in total. The van der Waals surface area contributed by atoms with E-state index in [9.17, 15) is 54.5 Å². The number of ether oxygens (including phenoxy) is 2. The van der Waals surface area contributed by atoms with Crippen molar-refractivity contribution in [2.75, 3.05) is 23.7 Å². The Kier molecular flexibility index (Phi) is 29.1. The number of nitrogens with two attached hydrogens (primary N) is 1. The van der Waals surface area contributed by atoms with E-state index in [1.807, 2.05) is 0 Å². The Morgan fingerprint density at radius 3 is 1.30 bits per heavy atom. The number of hydrazine groups is 1. The summed E-state index contributed by atoms with van der Waals surface area (Å²) >= 11 is 0. The molecule has 4 aliphatic rings. The first-order valence-electron chi connectivity index (χ1n) is 29.1. The summed E-state index contributed by atoms with van der Waals surface area (Å²) in [6.45, 7) is 7.94. The molecular formula is C59H82F9N15O7. The molecule has 31 heteroatoms. The van der Waals surface area contributed by atoms with Gasteiger partial charge < -0.3 is 41.1 Å². The van der Waals surface area contributed by atoms with E-state index < -0.39 is 47.4 Å². The number of carbonyl (C=O) groups excluding carboxylic acids is 2. The summed E-state index contributed by atoms with van der Waals surface area (Å²) in [5.74, 6) is 7.29. The van der Waals surface area contributed by atoms with Crippen molar-refractivity contribution in [2.24, 2.45) is 5.84 Å². The summed E-state index contributed by atoms with van der Waals surface area (Å²) in [6.07, 6.45) is 9.03. The Bertz CT molecular complexity index is 2940. The molecule has 6 aromatic heterocycles. The third-order valence-corrected chi connectivity index (χ3v) is 14.2. The van der Waals surface area contributed by atoms with E-state index in [0.717, 1.165) is 69.9 Å². The van der Waals surface area contributed by atoms with Gasteiger partial charge in [0, 0.05) is 80.7 Å². The van der Waals surface area contributed by atoms with Crippen molar-refractivity contribution in [1.29, 1.82) is 11.1 Å². The lowest BCUT2D eigenvalue weighted by Gasteiger charge is -2.24. The first-order valence-corrected chi connectivity index (χ1v) is 29.1. The van der Waals surface area contributed by atoms with Crippen LogP contribution in [0.5, 0.6) is 23.3 Å². The molecule has 1 saturated heterocycles. The number of pyridine rings is 4. The number of aliphatic hydroxyl groups is 2. The van der Waals surface area contributed by atoms with Crippen molar-refractivity contribution in [1.82, 2.24) is 50.2 Å². The highest BCUT2D eigenvalue weighted by atomic mass is 19.4. The molecule has 0 aromatic carbocycles. The smallest absolute Gasteiger partial charge is 0.439 e. The maximum atomic E-state index is 13.3. The van der Waals surface area contributed by atoms with Crippen molar-refractivity contribution in [3.63, 3.8) is 0 Å². The van der Waals surface area contributed by atoms with Crippen LogP contribution in [0.2, 0.25) is 0 Å². The van der Waals surface area contributed by atoms with Crippen LogP contribution in [-0.4, -0.2) is 92.6 Å². The van der Waals surface area contributed by atoms with Gasteiger partial charge in [-0.25, -0.2) is 30.4 Å². The average Bonchev–Trinajstić information content (AvgIpc) is 1.78. The zero-order valence-corrected chi connectivity index (χ0v) is 50.4. The number of piperidine rings is 1. The van der Waals surface area contributed by atoms with E-state index in [0.29, 0.717) is 83.7 Å². The van der Waals surface area contributed by atoms with E-state index in [4.69, 9.17) is 31.2 Å². The van der Waals surface area contributed by atoms with Crippen molar-refractivity contribution in [2.45, 2.75) is 185 Å². The standard InChI is InChI=1S/C23H26F3N5O2.C22H25F3N6O2.C6H14N2.C6H10O.C2HF3O.H2N2.H2O.H2/c1-22(2,32)18-12-15(8-10-27-18)29-20-13-17(9-11-28-20)33-21-14-19(23(24,25)26)30-31(21)16-6-4-3-5-7-16;1-21(2,32)17-11-14(3-9-27-17)29-19-12-16(6-10-28-19)33-20-13-18(22(23,24)25)30-31(20)15-4-7-26-8-5-15;7-8-6-4-2-1-3-5-6;7-6-4-2-1-3-5-6;3-2(4,5)1-6;1-2;;/h8-14,16,32H,3-7H2,1-2H3,(H,27,28,29);3,6,9-13,15,26,32H,4-5,7-8H2,1-2H3,(H,27,28,29);6,8H,1-5,7H2;1-5H2;1H;1-2H;1H2;1H. The largest absolute Gasteiger partial charge is 0.446 e. The van der Waals surface area contributed by atoms with Crippen LogP contribution in [0.25, 0.3) is 0 Å². The molecule has 90 heavy (non-hydrogen) atoms. The summed E-state index contributed by atoms with van der Waals surface area (Å²) in [5, 5.41) is 37.4. The first-order chi connectivity index (χ1) is 42.1. The van der Waals surface area contributed by atoms with Gasteiger partial charge in [0.15, 0.2) is 11.4 Å². The summed E-state index contributed by atoms with van der Waals surface area (Å²) < 4.78 is 126. The van der Waals surface area contributed by atoms with Gasteiger partial charge in [-0.1, -0.05) is 44.9 Å². The van der Waals surface area contributed by atoms with Gasteiger partial charge in [-0.05, 0) is 129 Å². The highest BCUT2D eigenvalue weighted by molar-refractivity contribution is 5.78. The van der Waals surface area contributed by atoms with Gasteiger partial charge in [0.25, 0.3) is 0 Å². The number of carbonyl (C=O) groups is 2. The number of halogens is 9. The fourth-order valence-corrected chi connectivity index (χ4v) is 9.61. The van der Waals surface area contributed by atoms with Crippen LogP contribution in [-0.2, 0) is 33.1 Å². The molecule has 498 valence electrons. The third-order valence-electron chi connectivity index (χ3n) is 14.2. The molecule has 22 nitrogen and oxygen atoms in total. The summed E-state index contributed by atoms with van der Waals surface area (Å²) in [4.78, 5) is 36.0.